The highest BCUT2D eigenvalue weighted by atomic mass is 32.2. The Kier molecular flexibility index (Phi) is 8.26. The summed E-state index contributed by atoms with van der Waals surface area (Å²) in [6.45, 7) is 0. The van der Waals surface area contributed by atoms with E-state index >= 15 is 0 Å². The monoisotopic (exact) mass is 582 g/mol. The van der Waals surface area contributed by atoms with Crippen molar-refractivity contribution >= 4 is 57.6 Å². The fourth-order valence-corrected chi connectivity index (χ4v) is 4.66. The van der Waals surface area contributed by atoms with Crippen LogP contribution in [0.25, 0.3) is 6.08 Å². The number of thiocarbonyl (C=S) groups is 1. The molecule has 0 radical (unpaired) electrons. The van der Waals surface area contributed by atoms with Crippen LogP contribution < -0.4 is 19.6 Å². The normalized spacial score (nSPS) is 13.8. The van der Waals surface area contributed by atoms with Crippen molar-refractivity contribution in [1.82, 2.24) is 10.4 Å². The number of hydrogen-bond donors (Lipinski definition) is 1. The predicted molar refractivity (Wildman–Crippen MR) is 148 cm³/mol. The molecule has 0 aliphatic carbocycles. The number of methoxy groups -OCH3 is 2. The maximum absolute atomic E-state index is 13.1. The van der Waals surface area contributed by atoms with Crippen molar-refractivity contribution < 1.29 is 33.6 Å². The van der Waals surface area contributed by atoms with Gasteiger partial charge in [-0.3, -0.25) is 35.2 Å². The van der Waals surface area contributed by atoms with Crippen LogP contribution in [-0.4, -0.2) is 45.2 Å². The Bertz CT molecular complexity index is 1570. The van der Waals surface area contributed by atoms with Crippen LogP contribution in [0.5, 0.6) is 23.0 Å². The summed E-state index contributed by atoms with van der Waals surface area (Å²) in [6.07, 6.45) is 1.42. The average Bonchev–Trinajstić information content (AvgIpc) is 3.20. The fourth-order valence-electron chi connectivity index (χ4n) is 3.49. The van der Waals surface area contributed by atoms with Crippen LogP contribution in [0.2, 0.25) is 0 Å². The number of non-ortho nitro benzene ring substituents is 1. The predicted octanol–water partition coefficient (Wildman–Crippen LogP) is 4.86. The second kappa shape index (κ2) is 11.8. The first kappa shape index (κ1) is 28.0. The van der Waals surface area contributed by atoms with Crippen molar-refractivity contribution in [3.8, 4) is 23.0 Å². The topological polar surface area (TPSA) is 163 Å². The number of nitrogens with zero attached hydrogens (tertiary/aromatic N) is 3. The van der Waals surface area contributed by atoms with Gasteiger partial charge < -0.3 is 14.2 Å². The van der Waals surface area contributed by atoms with Gasteiger partial charge in [0, 0.05) is 17.2 Å². The SMILES string of the molecule is COc1ccc(C(=O)NN2C(=O)/C(=C\c3cccc(OC)c3Oc3ccc([N+](=O)[O-])cc3[N+](=O)[O-])SC2=S)cc1. The molecule has 1 fully saturated rings. The second-order valence-corrected chi connectivity index (χ2v) is 9.51. The number of nitro benzene ring substituents is 2. The molecule has 0 aromatic heterocycles. The molecule has 204 valence electrons. The highest BCUT2D eigenvalue weighted by Gasteiger charge is 2.34. The third-order valence-electron chi connectivity index (χ3n) is 5.44. The van der Waals surface area contributed by atoms with Gasteiger partial charge >= 0.3 is 5.69 Å². The lowest BCUT2D eigenvalue weighted by molar-refractivity contribution is -0.394. The van der Waals surface area contributed by atoms with Gasteiger partial charge in [-0.15, -0.1) is 0 Å². The molecule has 1 saturated heterocycles. The third kappa shape index (κ3) is 5.84. The molecular formula is C25H18N4O9S2. The Balaban J connectivity index is 1.64. The summed E-state index contributed by atoms with van der Waals surface area (Å²) in [5.41, 5.74) is 1.90. The molecule has 0 bridgehead atoms. The van der Waals surface area contributed by atoms with E-state index in [1.165, 1.54) is 38.5 Å². The molecule has 1 heterocycles. The molecule has 40 heavy (non-hydrogen) atoms. The number of para-hydroxylation sites is 1. The van der Waals surface area contributed by atoms with Crippen LogP contribution in [0.1, 0.15) is 15.9 Å². The van der Waals surface area contributed by atoms with Crippen LogP contribution >= 0.6 is 24.0 Å². The summed E-state index contributed by atoms with van der Waals surface area (Å²) in [5, 5.41) is 23.6. The molecule has 3 aromatic rings. The van der Waals surface area contributed by atoms with Crippen molar-refractivity contribution in [2.45, 2.75) is 0 Å². The van der Waals surface area contributed by atoms with Crippen molar-refractivity contribution in [2.24, 2.45) is 0 Å². The van der Waals surface area contributed by atoms with Crippen LogP contribution in [0, 0.1) is 20.2 Å². The Morgan fingerprint density at radius 1 is 1.00 bits per heavy atom. The molecule has 0 spiro atoms. The molecule has 1 aliphatic rings. The van der Waals surface area contributed by atoms with Gasteiger partial charge in [0.05, 0.1) is 35.0 Å². The van der Waals surface area contributed by atoms with E-state index in [0.717, 1.165) is 35.0 Å². The largest absolute Gasteiger partial charge is 0.497 e. The minimum Gasteiger partial charge on any atom is -0.497 e. The Hall–Kier alpha value is -5.02. The average molecular weight is 583 g/mol. The highest BCUT2D eigenvalue weighted by Crippen LogP contribution is 2.42. The summed E-state index contributed by atoms with van der Waals surface area (Å²) in [5.74, 6) is -0.739. The molecule has 15 heteroatoms. The van der Waals surface area contributed by atoms with Crippen molar-refractivity contribution in [1.29, 1.82) is 0 Å². The minimum atomic E-state index is -0.811. The first-order chi connectivity index (χ1) is 19.1. The van der Waals surface area contributed by atoms with Gasteiger partial charge in [0.25, 0.3) is 17.5 Å². The van der Waals surface area contributed by atoms with E-state index in [2.05, 4.69) is 5.43 Å². The summed E-state index contributed by atoms with van der Waals surface area (Å²) in [7, 11) is 2.85. The molecule has 0 unspecified atom stereocenters. The summed E-state index contributed by atoms with van der Waals surface area (Å²) in [6, 6.07) is 13.9. The lowest BCUT2D eigenvalue weighted by atomic mass is 10.1. The molecule has 13 nitrogen and oxygen atoms in total. The Labute approximate surface area is 235 Å². The highest BCUT2D eigenvalue weighted by molar-refractivity contribution is 8.26. The van der Waals surface area contributed by atoms with E-state index in [-0.39, 0.29) is 37.6 Å². The summed E-state index contributed by atoms with van der Waals surface area (Å²) < 4.78 is 16.3. The van der Waals surface area contributed by atoms with Crippen molar-refractivity contribution in [3.63, 3.8) is 0 Å². The quantitative estimate of drug-likeness (QED) is 0.159. The molecule has 1 aliphatic heterocycles. The van der Waals surface area contributed by atoms with E-state index in [4.69, 9.17) is 26.4 Å². The Morgan fingerprint density at radius 2 is 1.73 bits per heavy atom. The molecule has 2 amide bonds. The number of nitrogens with one attached hydrogen (secondary N) is 1. The fraction of sp³-hybridized carbons (Fsp3) is 0.0800. The van der Waals surface area contributed by atoms with E-state index in [0.29, 0.717) is 5.75 Å². The lowest BCUT2D eigenvalue weighted by Crippen LogP contribution is -2.44. The number of carbonyl (C=O) groups excluding carboxylic acids is 2. The zero-order valence-electron chi connectivity index (χ0n) is 20.7. The van der Waals surface area contributed by atoms with Crippen LogP contribution in [0.15, 0.2) is 65.6 Å². The summed E-state index contributed by atoms with van der Waals surface area (Å²) >= 11 is 6.21. The molecule has 3 aromatic carbocycles. The van der Waals surface area contributed by atoms with Gasteiger partial charge in [0.2, 0.25) is 5.75 Å². The number of nitro groups is 2. The number of carbonyl (C=O) groups is 2. The zero-order chi connectivity index (χ0) is 29.0. The number of hydrogen-bond acceptors (Lipinski definition) is 11. The smallest absolute Gasteiger partial charge is 0.318 e. The zero-order valence-corrected chi connectivity index (χ0v) is 22.3. The maximum Gasteiger partial charge on any atom is 0.318 e. The maximum atomic E-state index is 13.1. The number of benzene rings is 3. The number of hydrazine groups is 1. The van der Waals surface area contributed by atoms with Gasteiger partial charge in [-0.2, -0.15) is 5.01 Å². The molecular weight excluding hydrogens is 564 g/mol. The van der Waals surface area contributed by atoms with E-state index in [1.807, 2.05) is 0 Å². The number of ether oxygens (including phenoxy) is 3. The van der Waals surface area contributed by atoms with Gasteiger partial charge in [-0.1, -0.05) is 23.9 Å². The second-order valence-electron chi connectivity index (χ2n) is 7.83. The number of rotatable bonds is 9. The molecule has 0 saturated carbocycles. The lowest BCUT2D eigenvalue weighted by Gasteiger charge is -2.16. The van der Waals surface area contributed by atoms with Crippen LogP contribution in [0.4, 0.5) is 11.4 Å². The van der Waals surface area contributed by atoms with Crippen molar-refractivity contribution in [2.75, 3.05) is 14.2 Å². The van der Waals surface area contributed by atoms with Crippen molar-refractivity contribution in [3.05, 3.63) is 96.9 Å². The van der Waals surface area contributed by atoms with Crippen LogP contribution in [-0.2, 0) is 4.79 Å². The third-order valence-corrected chi connectivity index (χ3v) is 6.74. The molecule has 1 N–H and O–H groups in total. The number of amides is 2. The first-order valence-electron chi connectivity index (χ1n) is 11.1. The van der Waals surface area contributed by atoms with E-state index in [1.54, 1.807) is 24.3 Å². The Morgan fingerprint density at radius 3 is 2.35 bits per heavy atom. The first-order valence-corrected chi connectivity index (χ1v) is 12.4. The minimum absolute atomic E-state index is 0.00879. The van der Waals surface area contributed by atoms with Gasteiger partial charge in [0.1, 0.15) is 5.75 Å². The van der Waals surface area contributed by atoms with Crippen LogP contribution in [0.3, 0.4) is 0 Å². The number of thioether (sulfide) groups is 1. The van der Waals surface area contributed by atoms with Gasteiger partial charge in [-0.25, -0.2) is 0 Å². The summed E-state index contributed by atoms with van der Waals surface area (Å²) in [4.78, 5) is 47.1. The standard InChI is InChI=1S/C25H18N4O9S2/c1-36-17-9-6-14(7-10-17)23(30)26-27-24(31)21(40-25(27)39)12-15-4-3-5-20(37-2)22(15)38-19-11-8-16(28(32)33)13-18(19)29(34)35/h3-13H,1-2H3,(H,26,30)/b21-12+. The molecule has 0 atom stereocenters. The van der Waals surface area contributed by atoms with E-state index < -0.39 is 33.0 Å². The molecule has 4 rings (SSSR count). The van der Waals surface area contributed by atoms with Gasteiger partial charge in [0.15, 0.2) is 15.8 Å². The van der Waals surface area contributed by atoms with Gasteiger partial charge in [-0.05, 0) is 54.7 Å². The van der Waals surface area contributed by atoms with E-state index in [9.17, 15) is 29.8 Å².